The smallest absolute Gasteiger partial charge is 0.137 e. The standard InChI is InChI=1S/C42H28N2O2/c1-2-9-30-35-23-27(18-21-37(35)44-36-13-6-3-10-26(36)22-38(30)44)43(28-16-19-33-31-11-4-7-14-39(31)45-41(33)24-28)29-17-20-34-32-12-5-8-15-40(32)46-42(34)25-29/h2-12,14-25,36H,1,13H2/b30-9-. The predicted octanol–water partition coefficient (Wildman–Crippen LogP) is 10.1. The third-order valence-electron chi connectivity index (χ3n) is 9.63. The van der Waals surface area contributed by atoms with Crippen molar-refractivity contribution in [2.45, 2.75) is 12.5 Å². The number of aromatic nitrogens is 1. The van der Waals surface area contributed by atoms with E-state index >= 15 is 0 Å². The molecule has 0 bridgehead atoms. The van der Waals surface area contributed by atoms with E-state index in [9.17, 15) is 0 Å². The van der Waals surface area contributed by atoms with Gasteiger partial charge < -0.3 is 18.3 Å². The zero-order valence-electron chi connectivity index (χ0n) is 25.0. The largest absolute Gasteiger partial charge is 0.456 e. The number of benzene rings is 5. The summed E-state index contributed by atoms with van der Waals surface area (Å²) in [5, 5.41) is 8.10. The first-order valence-corrected chi connectivity index (χ1v) is 15.7. The molecule has 1 unspecified atom stereocenters. The highest BCUT2D eigenvalue weighted by atomic mass is 16.3. The van der Waals surface area contributed by atoms with Crippen molar-refractivity contribution in [1.29, 1.82) is 0 Å². The van der Waals surface area contributed by atoms with Crippen LogP contribution in [0.3, 0.4) is 0 Å². The van der Waals surface area contributed by atoms with Crippen LogP contribution in [0.15, 0.2) is 148 Å². The Bertz CT molecular complexity index is 2650. The zero-order valence-corrected chi connectivity index (χ0v) is 25.0. The van der Waals surface area contributed by atoms with E-state index in [-0.39, 0.29) is 0 Å². The molecule has 4 heterocycles. The predicted molar refractivity (Wildman–Crippen MR) is 190 cm³/mol. The van der Waals surface area contributed by atoms with Gasteiger partial charge in [-0.1, -0.05) is 73.4 Å². The Morgan fingerprint density at radius 1 is 0.674 bits per heavy atom. The maximum Gasteiger partial charge on any atom is 0.137 e. The number of nitrogens with zero attached hydrogens (tertiary/aromatic N) is 2. The van der Waals surface area contributed by atoms with Crippen LogP contribution in [0, 0.1) is 0 Å². The van der Waals surface area contributed by atoms with Gasteiger partial charge in [-0.05, 0) is 72.7 Å². The number of anilines is 3. The Morgan fingerprint density at radius 2 is 1.28 bits per heavy atom. The van der Waals surface area contributed by atoms with E-state index in [1.807, 2.05) is 30.3 Å². The molecular formula is C42H28N2O2. The summed E-state index contributed by atoms with van der Waals surface area (Å²) in [6, 6.07) is 36.6. The molecule has 0 spiro atoms. The normalized spacial score (nSPS) is 16.0. The summed E-state index contributed by atoms with van der Waals surface area (Å²) in [5.74, 6) is 0. The molecule has 0 fully saturated rings. The van der Waals surface area contributed by atoms with Gasteiger partial charge in [0.1, 0.15) is 22.3 Å². The summed E-state index contributed by atoms with van der Waals surface area (Å²) >= 11 is 0. The average molecular weight is 593 g/mol. The monoisotopic (exact) mass is 592 g/mol. The van der Waals surface area contributed by atoms with Crippen molar-refractivity contribution < 1.29 is 8.83 Å². The Balaban J connectivity index is 1.22. The number of allylic oxidation sites excluding steroid dienone is 5. The van der Waals surface area contributed by atoms with Gasteiger partial charge in [-0.2, -0.15) is 0 Å². The summed E-state index contributed by atoms with van der Waals surface area (Å²) in [7, 11) is 0. The Kier molecular flexibility index (Phi) is 5.23. The van der Waals surface area contributed by atoms with Crippen LogP contribution in [-0.2, 0) is 0 Å². The summed E-state index contributed by atoms with van der Waals surface area (Å²) in [4.78, 5) is 2.30. The fourth-order valence-electron chi connectivity index (χ4n) is 7.61. The molecule has 0 saturated carbocycles. The highest BCUT2D eigenvalue weighted by molar-refractivity contribution is 6.08. The van der Waals surface area contributed by atoms with Crippen molar-refractivity contribution in [2.24, 2.45) is 0 Å². The molecule has 1 aliphatic heterocycles. The second-order valence-electron chi connectivity index (χ2n) is 12.2. The Hall–Kier alpha value is -6.00. The molecule has 4 nitrogen and oxygen atoms in total. The van der Waals surface area contributed by atoms with Crippen molar-refractivity contribution in [3.8, 4) is 0 Å². The molecule has 10 rings (SSSR count). The lowest BCUT2D eigenvalue weighted by atomic mass is 10.00. The highest BCUT2D eigenvalue weighted by Gasteiger charge is 2.26. The lowest BCUT2D eigenvalue weighted by Gasteiger charge is -2.26. The lowest BCUT2D eigenvalue weighted by Crippen LogP contribution is -2.26. The number of para-hydroxylation sites is 2. The third-order valence-corrected chi connectivity index (χ3v) is 9.63. The van der Waals surface area contributed by atoms with E-state index in [0.29, 0.717) is 6.04 Å². The number of furan rings is 2. The lowest BCUT2D eigenvalue weighted by molar-refractivity contribution is 0.618. The molecule has 0 saturated heterocycles. The number of hydrogen-bond donors (Lipinski definition) is 0. The van der Waals surface area contributed by atoms with E-state index < -0.39 is 0 Å². The molecular weight excluding hydrogens is 564 g/mol. The summed E-state index contributed by atoms with van der Waals surface area (Å²) in [5.41, 5.74) is 9.17. The molecule has 1 aliphatic carbocycles. The molecule has 2 aliphatic rings. The zero-order chi connectivity index (χ0) is 30.4. The quantitative estimate of drug-likeness (QED) is 0.204. The molecule has 1 atom stereocenters. The molecule has 218 valence electrons. The van der Waals surface area contributed by atoms with Crippen molar-refractivity contribution in [2.75, 3.05) is 4.90 Å². The van der Waals surface area contributed by atoms with Crippen LogP contribution in [0.1, 0.15) is 12.5 Å². The van der Waals surface area contributed by atoms with Gasteiger partial charge >= 0.3 is 0 Å². The van der Waals surface area contributed by atoms with Gasteiger partial charge in [0.15, 0.2) is 0 Å². The van der Waals surface area contributed by atoms with E-state index in [0.717, 1.165) is 67.4 Å². The molecule has 0 amide bonds. The van der Waals surface area contributed by atoms with E-state index in [1.54, 1.807) is 0 Å². The molecule has 5 aromatic carbocycles. The molecule has 4 heteroatoms. The molecule has 8 aromatic rings. The van der Waals surface area contributed by atoms with Crippen molar-refractivity contribution in [1.82, 2.24) is 4.57 Å². The fourth-order valence-corrected chi connectivity index (χ4v) is 7.61. The summed E-state index contributed by atoms with van der Waals surface area (Å²) in [6.07, 6.45) is 14.0. The minimum atomic E-state index is 0.322. The van der Waals surface area contributed by atoms with Gasteiger partial charge in [0, 0.05) is 66.9 Å². The first-order valence-electron chi connectivity index (χ1n) is 15.7. The SMILES string of the molecule is C=C/C=c1\c2n(c3ccc(N(c4ccc5c(c4)oc4ccccc45)c4ccc5c(c4)oc4ccccc45)cc13)C1CC=CC=C1C=2. The van der Waals surface area contributed by atoms with Gasteiger partial charge in [-0.25, -0.2) is 0 Å². The van der Waals surface area contributed by atoms with Gasteiger partial charge in [0.25, 0.3) is 0 Å². The minimum Gasteiger partial charge on any atom is -0.456 e. The molecule has 0 radical (unpaired) electrons. The Morgan fingerprint density at radius 3 is 1.96 bits per heavy atom. The first kappa shape index (κ1) is 25.3. The van der Waals surface area contributed by atoms with Crippen molar-refractivity contribution >= 4 is 84.0 Å². The van der Waals surface area contributed by atoms with Gasteiger partial charge in [0.2, 0.25) is 0 Å². The summed E-state index contributed by atoms with van der Waals surface area (Å²) < 4.78 is 15.2. The van der Waals surface area contributed by atoms with Crippen LogP contribution in [0.25, 0.3) is 66.9 Å². The Labute approximate surface area is 264 Å². The molecule has 3 aromatic heterocycles. The van der Waals surface area contributed by atoms with Crippen LogP contribution in [0.4, 0.5) is 17.1 Å². The third kappa shape index (κ3) is 3.55. The highest BCUT2D eigenvalue weighted by Crippen LogP contribution is 2.42. The van der Waals surface area contributed by atoms with E-state index in [1.165, 1.54) is 27.0 Å². The molecule has 46 heavy (non-hydrogen) atoms. The van der Waals surface area contributed by atoms with Crippen LogP contribution >= 0.6 is 0 Å². The van der Waals surface area contributed by atoms with Gasteiger partial charge in [0.05, 0.1) is 11.4 Å². The fraction of sp³-hybridized carbons (Fsp3) is 0.0476. The number of rotatable bonds is 4. The average Bonchev–Trinajstić information content (AvgIpc) is 3.83. The number of fused-ring (bicyclic) bond motifs is 11. The minimum absolute atomic E-state index is 0.322. The van der Waals surface area contributed by atoms with Crippen molar-refractivity contribution in [3.63, 3.8) is 0 Å². The first-order chi connectivity index (χ1) is 22.7. The van der Waals surface area contributed by atoms with Crippen molar-refractivity contribution in [3.05, 3.63) is 150 Å². The van der Waals surface area contributed by atoms with Crippen LogP contribution in [0.2, 0.25) is 0 Å². The van der Waals surface area contributed by atoms with E-state index in [2.05, 4.69) is 125 Å². The van der Waals surface area contributed by atoms with Gasteiger partial charge in [-0.15, -0.1) is 0 Å². The molecule has 0 N–H and O–H groups in total. The number of hydrogen-bond acceptors (Lipinski definition) is 3. The second kappa shape index (κ2) is 9.50. The van der Waals surface area contributed by atoms with Gasteiger partial charge in [-0.3, -0.25) is 0 Å². The van der Waals surface area contributed by atoms with Crippen LogP contribution < -0.4 is 15.5 Å². The van der Waals surface area contributed by atoms with Crippen LogP contribution in [-0.4, -0.2) is 4.57 Å². The van der Waals surface area contributed by atoms with Crippen LogP contribution in [0.5, 0.6) is 0 Å². The maximum atomic E-state index is 6.36. The maximum absolute atomic E-state index is 6.36. The second-order valence-corrected chi connectivity index (χ2v) is 12.2. The summed E-state index contributed by atoms with van der Waals surface area (Å²) in [6.45, 7) is 4.07. The van der Waals surface area contributed by atoms with E-state index in [4.69, 9.17) is 8.83 Å². The topological polar surface area (TPSA) is 34.5 Å².